The first-order chi connectivity index (χ1) is 21.7. The van der Waals surface area contributed by atoms with Crippen molar-refractivity contribution in [3.8, 4) is 6.07 Å². The number of aromatic nitrogens is 4. The number of carbonyl (C=O) groups excluding carboxylic acids is 2. The number of halogens is 3. The van der Waals surface area contributed by atoms with Crippen LogP contribution in [0.3, 0.4) is 0 Å². The molecule has 2 heterocycles. The number of nitriles is 1. The summed E-state index contributed by atoms with van der Waals surface area (Å²) in [6.45, 7) is 6.36. The van der Waals surface area contributed by atoms with Crippen molar-refractivity contribution < 1.29 is 32.0 Å². The summed E-state index contributed by atoms with van der Waals surface area (Å²) in [7, 11) is 5.00. The van der Waals surface area contributed by atoms with Gasteiger partial charge in [-0.3, -0.25) is 15.2 Å². The zero-order chi connectivity index (χ0) is 34.4. The number of nitrogens with two attached hydrogens (primary N) is 1. The van der Waals surface area contributed by atoms with E-state index in [1.807, 2.05) is 27.9 Å². The summed E-state index contributed by atoms with van der Waals surface area (Å²) in [4.78, 5) is 28.2. The Balaban J connectivity index is 0.00000282. The molecule has 4 N–H and O–H groups in total. The van der Waals surface area contributed by atoms with Crippen LogP contribution in [0.2, 0.25) is 0 Å². The molecule has 1 aliphatic heterocycles. The highest BCUT2D eigenvalue weighted by molar-refractivity contribution is 6.10. The Hall–Kier alpha value is -5.30. The lowest BCUT2D eigenvalue weighted by atomic mass is 9.87. The van der Waals surface area contributed by atoms with Crippen LogP contribution in [0.5, 0.6) is 0 Å². The number of aromatic amines is 1. The number of methoxy groups -OCH3 is 1. The number of likely N-dealkylation sites (N-methyl/N-ethyl adjacent to an activating group) is 1. The summed E-state index contributed by atoms with van der Waals surface area (Å²) in [6, 6.07) is 8.51. The van der Waals surface area contributed by atoms with Gasteiger partial charge in [-0.2, -0.15) is 23.6 Å². The van der Waals surface area contributed by atoms with Crippen molar-refractivity contribution >= 4 is 23.6 Å². The number of H-pyrrole nitrogens is 1. The van der Waals surface area contributed by atoms with Crippen LogP contribution in [0.15, 0.2) is 53.7 Å². The molecule has 2 aromatic carbocycles. The van der Waals surface area contributed by atoms with Gasteiger partial charge >= 0.3 is 18.2 Å². The number of quaternary nitrogens is 1. The topological polar surface area (TPSA) is 178 Å². The molecule has 0 aliphatic carbocycles. The predicted molar refractivity (Wildman–Crippen MR) is 162 cm³/mol. The number of amides is 2. The highest BCUT2D eigenvalue weighted by Gasteiger charge is 2.44. The number of hydrogen-bond acceptors (Lipinski definition) is 8. The molecule has 16 heteroatoms. The maximum Gasteiger partial charge on any atom is 0.416 e. The van der Waals surface area contributed by atoms with E-state index in [0.29, 0.717) is 46.5 Å². The standard InChI is InChI=1S/C28H29F3N10O3.C2H6/c1-16-23(25(42)44-4)24(40(27(34)43)26(33)39(16)20-7-5-6-19(13-20)28(29,30)31)21-9-8-17(14-32)12-18(21)10-11-41(2,3)15-22-35-37-38-36-22;1-2/h5-9,12-13,24,33H,10-11,15H2,1-4H3,(H2-,34,35,36,37,38,43);1-2H3/p+1/t24-;/m1./s1. The number of urea groups is 1. The number of esters is 1. The molecule has 0 unspecified atom stereocenters. The number of allylic oxidation sites excluding steroid dienone is 1. The number of benzene rings is 2. The average Bonchev–Trinajstić information content (AvgIpc) is 3.52. The number of ether oxygens (including phenoxy) is 1. The summed E-state index contributed by atoms with van der Waals surface area (Å²) in [6.07, 6.45) is -4.34. The predicted octanol–water partition coefficient (Wildman–Crippen LogP) is 4.26. The molecule has 46 heavy (non-hydrogen) atoms. The number of hydrogen-bond donors (Lipinski definition) is 3. The third-order valence-corrected chi connectivity index (χ3v) is 7.28. The van der Waals surface area contributed by atoms with Gasteiger partial charge in [0.25, 0.3) is 0 Å². The first kappa shape index (κ1) is 35.2. The van der Waals surface area contributed by atoms with E-state index >= 15 is 0 Å². The van der Waals surface area contributed by atoms with Crippen LogP contribution in [-0.2, 0) is 28.7 Å². The second-order valence-electron chi connectivity index (χ2n) is 10.7. The van der Waals surface area contributed by atoms with Gasteiger partial charge in [0.1, 0.15) is 12.6 Å². The highest BCUT2D eigenvalue weighted by atomic mass is 19.4. The van der Waals surface area contributed by atoms with E-state index in [9.17, 15) is 28.0 Å². The molecule has 1 atom stereocenters. The molecule has 0 spiro atoms. The third kappa shape index (κ3) is 7.49. The van der Waals surface area contributed by atoms with Gasteiger partial charge in [-0.05, 0) is 53.6 Å². The largest absolute Gasteiger partial charge is 0.466 e. The van der Waals surface area contributed by atoms with Crippen LogP contribution >= 0.6 is 0 Å². The van der Waals surface area contributed by atoms with Gasteiger partial charge in [0.15, 0.2) is 0 Å². The molecular formula is C30H36F3N10O3+. The Bertz CT molecular complexity index is 1660. The number of nitrogens with zero attached hydrogens (tertiary/aromatic N) is 7. The first-order valence-corrected chi connectivity index (χ1v) is 14.2. The van der Waals surface area contributed by atoms with Crippen molar-refractivity contribution in [1.29, 1.82) is 10.7 Å². The van der Waals surface area contributed by atoms with Crippen LogP contribution in [0.25, 0.3) is 0 Å². The lowest BCUT2D eigenvalue weighted by molar-refractivity contribution is -0.904. The van der Waals surface area contributed by atoms with Gasteiger partial charge in [-0.1, -0.05) is 26.0 Å². The van der Waals surface area contributed by atoms with Gasteiger partial charge in [0.2, 0.25) is 11.8 Å². The smallest absolute Gasteiger partial charge is 0.416 e. The zero-order valence-corrected chi connectivity index (χ0v) is 26.3. The van der Waals surface area contributed by atoms with E-state index in [1.165, 1.54) is 19.1 Å². The van der Waals surface area contributed by atoms with Crippen molar-refractivity contribution in [2.24, 2.45) is 5.73 Å². The van der Waals surface area contributed by atoms with Crippen LogP contribution < -0.4 is 10.6 Å². The van der Waals surface area contributed by atoms with Gasteiger partial charge in [-0.25, -0.2) is 9.59 Å². The van der Waals surface area contributed by atoms with E-state index < -0.39 is 35.7 Å². The summed E-state index contributed by atoms with van der Waals surface area (Å²) >= 11 is 0. The Morgan fingerprint density at radius 3 is 2.46 bits per heavy atom. The molecule has 1 aromatic heterocycles. The normalized spacial score (nSPS) is 15.2. The molecule has 13 nitrogen and oxygen atoms in total. The first-order valence-electron chi connectivity index (χ1n) is 14.2. The van der Waals surface area contributed by atoms with Crippen LogP contribution in [0, 0.1) is 16.7 Å². The van der Waals surface area contributed by atoms with Crippen molar-refractivity contribution in [3.05, 3.63) is 81.8 Å². The fraction of sp³-hybridized carbons (Fsp3) is 0.367. The third-order valence-electron chi connectivity index (χ3n) is 7.28. The molecular weight excluding hydrogens is 605 g/mol. The summed E-state index contributed by atoms with van der Waals surface area (Å²) in [5.41, 5.74) is 5.90. The minimum atomic E-state index is -4.68. The van der Waals surface area contributed by atoms with E-state index in [2.05, 4.69) is 26.7 Å². The maximum absolute atomic E-state index is 13.6. The molecule has 0 saturated heterocycles. The fourth-order valence-corrected chi connectivity index (χ4v) is 5.16. The van der Waals surface area contributed by atoms with E-state index in [-0.39, 0.29) is 17.0 Å². The molecule has 4 rings (SSSR count). The number of alkyl halides is 3. The van der Waals surface area contributed by atoms with Crippen LogP contribution in [0.1, 0.15) is 54.9 Å². The molecule has 0 bridgehead atoms. The van der Waals surface area contributed by atoms with Crippen molar-refractivity contribution in [3.63, 3.8) is 0 Å². The quantitative estimate of drug-likeness (QED) is 0.241. The van der Waals surface area contributed by atoms with Crippen molar-refractivity contribution in [2.45, 2.75) is 46.0 Å². The number of nitrogens with one attached hydrogen (secondary N) is 2. The number of primary amides is 1. The van der Waals surface area contributed by atoms with Crippen molar-refractivity contribution in [1.82, 2.24) is 25.5 Å². The highest BCUT2D eigenvalue weighted by Crippen LogP contribution is 2.42. The lowest BCUT2D eigenvalue weighted by Gasteiger charge is -2.43. The average molecular weight is 642 g/mol. The lowest BCUT2D eigenvalue weighted by Crippen LogP contribution is -2.55. The van der Waals surface area contributed by atoms with E-state index in [0.717, 1.165) is 35.1 Å². The summed E-state index contributed by atoms with van der Waals surface area (Å²) in [5.74, 6) is -0.967. The molecule has 3 aromatic rings. The van der Waals surface area contributed by atoms with Gasteiger partial charge < -0.3 is 15.0 Å². The minimum absolute atomic E-state index is 0.0622. The Morgan fingerprint density at radius 1 is 1.20 bits per heavy atom. The number of anilines is 1. The van der Waals surface area contributed by atoms with Gasteiger partial charge in [-0.15, -0.1) is 10.2 Å². The second kappa shape index (κ2) is 14.2. The number of guanidine groups is 1. The fourth-order valence-electron chi connectivity index (χ4n) is 5.16. The van der Waals surface area contributed by atoms with Gasteiger partial charge in [0.05, 0.1) is 50.5 Å². The Kier molecular flexibility index (Phi) is 10.9. The molecule has 0 fully saturated rings. The molecule has 244 valence electrons. The maximum atomic E-state index is 13.6. The second-order valence-corrected chi connectivity index (χ2v) is 10.7. The van der Waals surface area contributed by atoms with Crippen molar-refractivity contribution in [2.75, 3.05) is 32.6 Å². The van der Waals surface area contributed by atoms with Gasteiger partial charge in [0, 0.05) is 17.8 Å². The van der Waals surface area contributed by atoms with E-state index in [1.54, 1.807) is 12.1 Å². The van der Waals surface area contributed by atoms with Crippen LogP contribution in [-0.4, -0.2) is 75.7 Å². The van der Waals surface area contributed by atoms with E-state index in [4.69, 9.17) is 15.9 Å². The number of tetrazole rings is 1. The summed E-state index contributed by atoms with van der Waals surface area (Å²) < 4.78 is 46.2. The molecule has 2 amide bonds. The molecule has 0 radical (unpaired) electrons. The molecule has 0 saturated carbocycles. The summed E-state index contributed by atoms with van der Waals surface area (Å²) in [5, 5.41) is 32.6. The van der Waals surface area contributed by atoms with Crippen LogP contribution in [0.4, 0.5) is 23.7 Å². The Labute approximate surface area is 264 Å². The monoisotopic (exact) mass is 641 g/mol. The number of rotatable bonds is 8. The zero-order valence-electron chi connectivity index (χ0n) is 26.3. The Morgan fingerprint density at radius 2 is 1.89 bits per heavy atom. The SMILES string of the molecule is CC.COC(=O)C1=C(C)N(c2cccc(C(F)(F)F)c2)C(=N)N(C(N)=O)[C@@H]1c1ccc(C#N)cc1CC[N+](C)(C)Cc1nn[nH]n1. The number of carbonyl (C=O) groups is 2. The minimum Gasteiger partial charge on any atom is -0.466 e. The molecule has 1 aliphatic rings.